The van der Waals surface area contributed by atoms with Crippen LogP contribution in [0, 0.1) is 0 Å². The summed E-state index contributed by atoms with van der Waals surface area (Å²) in [5.41, 5.74) is 1.35. The molecule has 0 N–H and O–H groups in total. The Morgan fingerprint density at radius 2 is 1.71 bits per heavy atom. The number of halogens is 1. The van der Waals surface area contributed by atoms with Crippen molar-refractivity contribution in [1.82, 2.24) is 9.21 Å². The zero-order valence-corrected chi connectivity index (χ0v) is 15.8. The molecule has 0 unspecified atom stereocenters. The predicted octanol–water partition coefficient (Wildman–Crippen LogP) is 3.34. The average Bonchev–Trinajstić information content (AvgIpc) is 3.04. The maximum absolute atomic E-state index is 12.6. The molecule has 0 saturated carbocycles. The van der Waals surface area contributed by atoms with Crippen LogP contribution in [0.25, 0.3) is 0 Å². The predicted molar refractivity (Wildman–Crippen MR) is 99.3 cm³/mol. The smallest absolute Gasteiger partial charge is 0.252 e. The minimum absolute atomic E-state index is 0.338. The lowest BCUT2D eigenvalue weighted by Gasteiger charge is -2.33. The van der Waals surface area contributed by atoms with Crippen LogP contribution in [0.5, 0.6) is 0 Å². The Labute approximate surface area is 152 Å². The molecule has 0 aliphatic carbocycles. The van der Waals surface area contributed by atoms with E-state index in [1.165, 1.54) is 5.56 Å². The van der Waals surface area contributed by atoms with E-state index in [1.54, 1.807) is 16.4 Å². The lowest BCUT2D eigenvalue weighted by atomic mass is 10.1. The van der Waals surface area contributed by atoms with Crippen molar-refractivity contribution in [3.63, 3.8) is 0 Å². The van der Waals surface area contributed by atoms with E-state index in [4.69, 9.17) is 11.6 Å². The first-order chi connectivity index (χ1) is 11.6. The molecule has 24 heavy (non-hydrogen) atoms. The molecule has 0 radical (unpaired) electrons. The van der Waals surface area contributed by atoms with Crippen LogP contribution in [0.3, 0.4) is 0 Å². The van der Waals surface area contributed by atoms with Gasteiger partial charge in [0.25, 0.3) is 10.0 Å². The summed E-state index contributed by atoms with van der Waals surface area (Å²) in [7, 11) is -3.39. The van der Waals surface area contributed by atoms with Crippen molar-refractivity contribution in [1.29, 1.82) is 0 Å². The highest BCUT2D eigenvalue weighted by Crippen LogP contribution is 2.28. The minimum Gasteiger partial charge on any atom is -0.301 e. The summed E-state index contributed by atoms with van der Waals surface area (Å²) in [4.78, 5) is 2.34. The average molecular weight is 385 g/mol. The second kappa shape index (κ2) is 7.97. The fourth-order valence-corrected chi connectivity index (χ4v) is 5.97. The molecule has 1 aliphatic rings. The van der Waals surface area contributed by atoms with Crippen LogP contribution in [0.15, 0.2) is 46.7 Å². The standard InChI is InChI=1S/C17H21ClN2O2S2/c18-16-8-9-17(23-16)24(21,22)20-13-11-19(12-14-20)10-4-7-15-5-2-1-3-6-15/h1-3,5-6,8-9H,4,7,10-14H2. The molecule has 1 aromatic carbocycles. The third-order valence-electron chi connectivity index (χ3n) is 4.26. The summed E-state index contributed by atoms with van der Waals surface area (Å²) < 4.78 is 27.5. The molecule has 0 atom stereocenters. The molecule has 1 saturated heterocycles. The van der Waals surface area contributed by atoms with E-state index in [0.29, 0.717) is 21.6 Å². The van der Waals surface area contributed by atoms with E-state index >= 15 is 0 Å². The van der Waals surface area contributed by atoms with Gasteiger partial charge < -0.3 is 4.90 Å². The van der Waals surface area contributed by atoms with Crippen LogP contribution in [0.2, 0.25) is 4.34 Å². The molecule has 2 aromatic rings. The number of aryl methyl sites for hydroxylation is 1. The van der Waals surface area contributed by atoms with Gasteiger partial charge in [0.2, 0.25) is 0 Å². The summed E-state index contributed by atoms with van der Waals surface area (Å²) in [6.07, 6.45) is 2.16. The second-order valence-corrected chi connectivity index (χ2v) is 9.77. The Kier molecular flexibility index (Phi) is 5.94. The van der Waals surface area contributed by atoms with Gasteiger partial charge in [0.1, 0.15) is 4.21 Å². The summed E-state index contributed by atoms with van der Waals surface area (Å²) in [5.74, 6) is 0. The number of sulfonamides is 1. The van der Waals surface area contributed by atoms with Gasteiger partial charge in [0.15, 0.2) is 0 Å². The third-order valence-corrected chi connectivity index (χ3v) is 7.85. The molecule has 130 valence electrons. The SMILES string of the molecule is O=S(=O)(c1ccc(Cl)s1)N1CCN(CCCc2ccccc2)CC1. The van der Waals surface area contributed by atoms with Gasteiger partial charge in [-0.1, -0.05) is 41.9 Å². The molecule has 4 nitrogen and oxygen atoms in total. The van der Waals surface area contributed by atoms with Crippen molar-refractivity contribution < 1.29 is 8.42 Å². The van der Waals surface area contributed by atoms with Gasteiger partial charge in [-0.05, 0) is 37.1 Å². The van der Waals surface area contributed by atoms with Crippen LogP contribution in [-0.4, -0.2) is 50.3 Å². The summed E-state index contributed by atoms with van der Waals surface area (Å²) in [5, 5.41) is 0. The highest BCUT2D eigenvalue weighted by molar-refractivity contribution is 7.91. The maximum Gasteiger partial charge on any atom is 0.252 e. The molecule has 2 heterocycles. The largest absolute Gasteiger partial charge is 0.301 e. The summed E-state index contributed by atoms with van der Waals surface area (Å²) >= 11 is 6.99. The minimum atomic E-state index is -3.39. The molecule has 0 spiro atoms. The number of nitrogens with zero attached hydrogens (tertiary/aromatic N) is 2. The third kappa shape index (κ3) is 4.37. The molecule has 0 bridgehead atoms. The topological polar surface area (TPSA) is 40.6 Å². The highest BCUT2D eigenvalue weighted by Gasteiger charge is 2.29. The lowest BCUT2D eigenvalue weighted by molar-refractivity contribution is 0.187. The maximum atomic E-state index is 12.6. The number of thiophene rings is 1. The highest BCUT2D eigenvalue weighted by atomic mass is 35.5. The van der Waals surface area contributed by atoms with Crippen LogP contribution in [0.1, 0.15) is 12.0 Å². The van der Waals surface area contributed by atoms with Crippen LogP contribution in [0.4, 0.5) is 0 Å². The second-order valence-electron chi connectivity index (χ2n) is 5.89. The lowest BCUT2D eigenvalue weighted by Crippen LogP contribution is -2.48. The fraction of sp³-hybridized carbons (Fsp3) is 0.412. The van der Waals surface area contributed by atoms with Gasteiger partial charge in [-0.25, -0.2) is 8.42 Å². The molecular weight excluding hydrogens is 364 g/mol. The first kappa shape index (κ1) is 17.9. The number of benzene rings is 1. The van der Waals surface area contributed by atoms with Gasteiger partial charge in [-0.3, -0.25) is 0 Å². The van der Waals surface area contributed by atoms with Crippen molar-refractivity contribution in [2.45, 2.75) is 17.1 Å². The molecule has 1 aromatic heterocycles. The summed E-state index contributed by atoms with van der Waals surface area (Å²) in [6.45, 7) is 3.67. The Hall–Kier alpha value is -0.920. The van der Waals surface area contributed by atoms with Gasteiger partial charge >= 0.3 is 0 Å². The molecule has 7 heteroatoms. The van der Waals surface area contributed by atoms with Crippen molar-refractivity contribution in [3.8, 4) is 0 Å². The Morgan fingerprint density at radius 3 is 2.33 bits per heavy atom. The van der Waals surface area contributed by atoms with Crippen molar-refractivity contribution >= 4 is 33.0 Å². The van der Waals surface area contributed by atoms with Gasteiger partial charge in [0, 0.05) is 26.2 Å². The quantitative estimate of drug-likeness (QED) is 0.766. The first-order valence-electron chi connectivity index (χ1n) is 8.07. The van der Waals surface area contributed by atoms with Crippen LogP contribution < -0.4 is 0 Å². The number of piperazine rings is 1. The van der Waals surface area contributed by atoms with Gasteiger partial charge in [0.05, 0.1) is 4.34 Å². The van der Waals surface area contributed by atoms with Crippen molar-refractivity contribution in [2.24, 2.45) is 0 Å². The zero-order valence-electron chi connectivity index (χ0n) is 13.4. The van der Waals surface area contributed by atoms with Gasteiger partial charge in [-0.15, -0.1) is 11.3 Å². The van der Waals surface area contributed by atoms with Crippen molar-refractivity contribution in [3.05, 3.63) is 52.4 Å². The van der Waals surface area contributed by atoms with E-state index in [2.05, 4.69) is 29.2 Å². The molecule has 0 amide bonds. The molecule has 1 aliphatic heterocycles. The summed E-state index contributed by atoms with van der Waals surface area (Å²) in [6, 6.07) is 13.7. The molecule has 1 fully saturated rings. The number of hydrogen-bond acceptors (Lipinski definition) is 4. The van der Waals surface area contributed by atoms with Crippen LogP contribution >= 0.6 is 22.9 Å². The van der Waals surface area contributed by atoms with E-state index in [-0.39, 0.29) is 0 Å². The fourth-order valence-electron chi connectivity index (χ4n) is 2.91. The molecule has 3 rings (SSSR count). The number of rotatable bonds is 6. The van der Waals surface area contributed by atoms with E-state index in [9.17, 15) is 8.42 Å². The normalized spacial score (nSPS) is 17.2. The van der Waals surface area contributed by atoms with Crippen molar-refractivity contribution in [2.75, 3.05) is 32.7 Å². The Bertz CT molecular complexity index is 754. The van der Waals surface area contributed by atoms with Crippen LogP contribution in [-0.2, 0) is 16.4 Å². The van der Waals surface area contributed by atoms with E-state index in [0.717, 1.165) is 43.8 Å². The molecular formula is C17H21ClN2O2S2. The Morgan fingerprint density at radius 1 is 1.00 bits per heavy atom. The number of hydrogen-bond donors (Lipinski definition) is 0. The monoisotopic (exact) mass is 384 g/mol. The van der Waals surface area contributed by atoms with E-state index in [1.807, 2.05) is 6.07 Å². The zero-order chi connectivity index (χ0) is 17.0. The van der Waals surface area contributed by atoms with E-state index < -0.39 is 10.0 Å². The van der Waals surface area contributed by atoms with Gasteiger partial charge in [-0.2, -0.15) is 4.31 Å². The Balaban J connectivity index is 1.47. The first-order valence-corrected chi connectivity index (χ1v) is 10.7.